The molecule has 0 radical (unpaired) electrons. The van der Waals surface area contributed by atoms with Crippen LogP contribution in [0.1, 0.15) is 25.2 Å². The summed E-state index contributed by atoms with van der Waals surface area (Å²) in [6.07, 6.45) is 1.74. The smallest absolute Gasteiger partial charge is 0.121 e. The summed E-state index contributed by atoms with van der Waals surface area (Å²) >= 11 is 2.06. The molecular formula is C12H20N2OS. The van der Waals surface area contributed by atoms with E-state index in [9.17, 15) is 0 Å². The first-order valence-electron chi connectivity index (χ1n) is 5.83. The van der Waals surface area contributed by atoms with Crippen LogP contribution >= 0.6 is 11.8 Å². The zero-order valence-corrected chi connectivity index (χ0v) is 10.8. The third-order valence-corrected chi connectivity index (χ3v) is 4.75. The van der Waals surface area contributed by atoms with Gasteiger partial charge in [-0.3, -0.25) is 4.90 Å². The van der Waals surface area contributed by atoms with Gasteiger partial charge >= 0.3 is 0 Å². The second-order valence-electron chi connectivity index (χ2n) is 4.36. The zero-order chi connectivity index (χ0) is 11.5. The SMILES string of the molecule is CC1SCCN(Cc2ccoc2CN)C1C. The van der Waals surface area contributed by atoms with Crippen LogP contribution in [0.4, 0.5) is 0 Å². The summed E-state index contributed by atoms with van der Waals surface area (Å²) in [6.45, 7) is 7.23. The number of rotatable bonds is 3. The van der Waals surface area contributed by atoms with Crippen molar-refractivity contribution in [1.82, 2.24) is 4.90 Å². The first kappa shape index (κ1) is 12.0. The van der Waals surface area contributed by atoms with Crippen LogP contribution in [0.15, 0.2) is 16.7 Å². The van der Waals surface area contributed by atoms with Crippen molar-refractivity contribution in [2.24, 2.45) is 5.73 Å². The molecule has 2 heterocycles. The van der Waals surface area contributed by atoms with Crippen LogP contribution in [0.25, 0.3) is 0 Å². The van der Waals surface area contributed by atoms with Gasteiger partial charge < -0.3 is 10.2 Å². The van der Waals surface area contributed by atoms with Gasteiger partial charge in [-0.1, -0.05) is 6.92 Å². The Kier molecular flexibility index (Phi) is 3.95. The van der Waals surface area contributed by atoms with Gasteiger partial charge in [0, 0.05) is 35.7 Å². The predicted octanol–water partition coefficient (Wildman–Crippen LogP) is 2.06. The molecule has 90 valence electrons. The molecule has 1 fully saturated rings. The molecule has 4 heteroatoms. The Balaban J connectivity index is 2.03. The van der Waals surface area contributed by atoms with Crippen LogP contribution in [0.2, 0.25) is 0 Å². The number of hydrogen-bond donors (Lipinski definition) is 1. The molecule has 2 N–H and O–H groups in total. The fourth-order valence-corrected chi connectivity index (χ4v) is 3.29. The minimum atomic E-state index is 0.495. The van der Waals surface area contributed by atoms with Crippen LogP contribution in [-0.2, 0) is 13.1 Å². The van der Waals surface area contributed by atoms with E-state index in [2.05, 4.69) is 30.5 Å². The van der Waals surface area contributed by atoms with Crippen LogP contribution in [-0.4, -0.2) is 28.5 Å². The zero-order valence-electron chi connectivity index (χ0n) is 9.98. The summed E-state index contributed by atoms with van der Waals surface area (Å²) in [5.41, 5.74) is 6.89. The van der Waals surface area contributed by atoms with Crippen molar-refractivity contribution in [2.45, 2.75) is 38.2 Å². The number of nitrogens with two attached hydrogens (primary N) is 1. The van der Waals surface area contributed by atoms with Gasteiger partial charge in [0.2, 0.25) is 0 Å². The first-order chi connectivity index (χ1) is 7.72. The normalized spacial score (nSPS) is 27.2. The van der Waals surface area contributed by atoms with Crippen LogP contribution in [0.3, 0.4) is 0 Å². The summed E-state index contributed by atoms with van der Waals surface area (Å²) in [5.74, 6) is 2.15. The fraction of sp³-hybridized carbons (Fsp3) is 0.667. The highest BCUT2D eigenvalue weighted by atomic mass is 32.2. The van der Waals surface area contributed by atoms with Crippen molar-refractivity contribution in [3.05, 3.63) is 23.7 Å². The molecule has 0 aromatic carbocycles. The number of furan rings is 1. The topological polar surface area (TPSA) is 42.4 Å². The quantitative estimate of drug-likeness (QED) is 0.878. The van der Waals surface area contributed by atoms with E-state index in [1.54, 1.807) is 6.26 Å². The highest BCUT2D eigenvalue weighted by Crippen LogP contribution is 2.26. The lowest BCUT2D eigenvalue weighted by molar-refractivity contribution is 0.203. The molecule has 1 aromatic rings. The molecular weight excluding hydrogens is 220 g/mol. The van der Waals surface area contributed by atoms with Crippen molar-refractivity contribution in [3.63, 3.8) is 0 Å². The molecule has 0 spiro atoms. The van der Waals surface area contributed by atoms with E-state index in [1.165, 1.54) is 11.3 Å². The molecule has 2 rings (SSSR count). The predicted molar refractivity (Wildman–Crippen MR) is 68.4 cm³/mol. The van der Waals surface area contributed by atoms with E-state index >= 15 is 0 Å². The number of hydrogen-bond acceptors (Lipinski definition) is 4. The summed E-state index contributed by atoms with van der Waals surface area (Å²) in [7, 11) is 0. The lowest BCUT2D eigenvalue weighted by Gasteiger charge is -2.37. The van der Waals surface area contributed by atoms with E-state index in [-0.39, 0.29) is 0 Å². The standard InChI is InChI=1S/C12H20N2OS/c1-9-10(2)16-6-4-14(9)8-11-3-5-15-12(11)7-13/h3,5,9-10H,4,6-8,13H2,1-2H3. The average molecular weight is 240 g/mol. The highest BCUT2D eigenvalue weighted by Gasteiger charge is 2.25. The van der Waals surface area contributed by atoms with E-state index in [0.29, 0.717) is 17.8 Å². The Labute approximate surface area is 101 Å². The fourth-order valence-electron chi connectivity index (χ4n) is 2.12. The van der Waals surface area contributed by atoms with Gasteiger partial charge in [-0.05, 0) is 13.0 Å². The molecule has 1 aliphatic heterocycles. The Morgan fingerprint density at radius 3 is 3.12 bits per heavy atom. The number of thioether (sulfide) groups is 1. The second-order valence-corrected chi connectivity index (χ2v) is 5.85. The lowest BCUT2D eigenvalue weighted by Crippen LogP contribution is -2.44. The van der Waals surface area contributed by atoms with E-state index in [0.717, 1.165) is 18.8 Å². The third kappa shape index (κ3) is 2.44. The maximum Gasteiger partial charge on any atom is 0.121 e. The molecule has 2 unspecified atom stereocenters. The van der Waals surface area contributed by atoms with Gasteiger partial charge in [0.1, 0.15) is 5.76 Å². The Morgan fingerprint density at radius 2 is 2.38 bits per heavy atom. The van der Waals surface area contributed by atoms with Crippen molar-refractivity contribution >= 4 is 11.8 Å². The first-order valence-corrected chi connectivity index (χ1v) is 6.88. The molecule has 0 saturated carbocycles. The highest BCUT2D eigenvalue weighted by molar-refractivity contribution is 8.00. The summed E-state index contributed by atoms with van der Waals surface area (Å²) < 4.78 is 5.36. The lowest BCUT2D eigenvalue weighted by atomic mass is 10.1. The van der Waals surface area contributed by atoms with Crippen LogP contribution in [0.5, 0.6) is 0 Å². The van der Waals surface area contributed by atoms with Crippen molar-refractivity contribution in [3.8, 4) is 0 Å². The molecule has 1 aromatic heterocycles. The number of nitrogens with zero attached hydrogens (tertiary/aromatic N) is 1. The Bertz CT molecular complexity index is 340. The molecule has 3 nitrogen and oxygen atoms in total. The van der Waals surface area contributed by atoms with Gasteiger partial charge in [-0.15, -0.1) is 0 Å². The van der Waals surface area contributed by atoms with Gasteiger partial charge in [-0.2, -0.15) is 11.8 Å². The average Bonchev–Trinajstić information content (AvgIpc) is 2.72. The maximum absolute atomic E-state index is 5.65. The molecule has 0 bridgehead atoms. The molecule has 2 atom stereocenters. The van der Waals surface area contributed by atoms with Crippen molar-refractivity contribution in [1.29, 1.82) is 0 Å². The van der Waals surface area contributed by atoms with E-state index < -0.39 is 0 Å². The van der Waals surface area contributed by atoms with Crippen molar-refractivity contribution in [2.75, 3.05) is 12.3 Å². The molecule has 0 amide bonds. The molecule has 0 aliphatic carbocycles. The van der Waals surface area contributed by atoms with Gasteiger partial charge in [0.15, 0.2) is 0 Å². The van der Waals surface area contributed by atoms with Gasteiger partial charge in [0.25, 0.3) is 0 Å². The minimum Gasteiger partial charge on any atom is -0.468 e. The molecule has 1 saturated heterocycles. The monoisotopic (exact) mass is 240 g/mol. The summed E-state index contributed by atoms with van der Waals surface area (Å²) in [4.78, 5) is 2.52. The summed E-state index contributed by atoms with van der Waals surface area (Å²) in [5, 5.41) is 0.710. The second kappa shape index (κ2) is 5.25. The van der Waals surface area contributed by atoms with Crippen LogP contribution < -0.4 is 5.73 Å². The van der Waals surface area contributed by atoms with Crippen molar-refractivity contribution < 1.29 is 4.42 Å². The minimum absolute atomic E-state index is 0.495. The van der Waals surface area contributed by atoms with E-state index in [1.807, 2.05) is 6.07 Å². The summed E-state index contributed by atoms with van der Waals surface area (Å²) in [6, 6.07) is 2.67. The molecule has 16 heavy (non-hydrogen) atoms. The Morgan fingerprint density at radius 1 is 1.56 bits per heavy atom. The Hall–Kier alpha value is -0.450. The van der Waals surface area contributed by atoms with Gasteiger partial charge in [0.05, 0.1) is 12.8 Å². The van der Waals surface area contributed by atoms with Crippen LogP contribution in [0, 0.1) is 0 Å². The van der Waals surface area contributed by atoms with E-state index in [4.69, 9.17) is 10.2 Å². The largest absolute Gasteiger partial charge is 0.468 e. The maximum atomic E-state index is 5.65. The molecule has 1 aliphatic rings. The third-order valence-electron chi connectivity index (χ3n) is 3.41. The van der Waals surface area contributed by atoms with Gasteiger partial charge in [-0.25, -0.2) is 0 Å².